The molecule has 0 saturated carbocycles. The molecule has 2 aromatic rings. The molecule has 1 aliphatic rings. The van der Waals surface area contributed by atoms with E-state index in [0.717, 1.165) is 23.2 Å². The molecular weight excluding hydrogens is 370 g/mol. The van der Waals surface area contributed by atoms with Gasteiger partial charge in [0.25, 0.3) is 11.8 Å². The zero-order chi connectivity index (χ0) is 21.0. The number of hydrogen-bond donors (Lipinski definition) is 2. The number of anilines is 1. The van der Waals surface area contributed by atoms with Crippen molar-refractivity contribution in [3.63, 3.8) is 0 Å². The number of likely N-dealkylation sites (N-methyl/N-ethyl adjacent to an activating group) is 1. The topological polar surface area (TPSA) is 87.7 Å². The smallest absolute Gasteiger partial charge is 0.407 e. The number of ether oxygens (including phenoxy) is 1. The van der Waals surface area contributed by atoms with Crippen LogP contribution in [0.4, 0.5) is 10.5 Å². The Bertz CT molecular complexity index is 928. The minimum absolute atomic E-state index is 0.265. The van der Waals surface area contributed by atoms with Crippen LogP contribution in [0, 0.1) is 0 Å². The number of alkyl carbamates (subject to hydrolysis) is 1. The van der Waals surface area contributed by atoms with Gasteiger partial charge in [0.2, 0.25) is 0 Å². The maximum absolute atomic E-state index is 13.2. The predicted molar refractivity (Wildman–Crippen MR) is 110 cm³/mol. The second kappa shape index (κ2) is 8.77. The lowest BCUT2D eigenvalue weighted by Gasteiger charge is -2.24. The van der Waals surface area contributed by atoms with Gasteiger partial charge in [-0.2, -0.15) is 0 Å². The highest BCUT2D eigenvalue weighted by Gasteiger charge is 2.34. The first-order valence-electron chi connectivity index (χ1n) is 9.64. The van der Waals surface area contributed by atoms with Crippen molar-refractivity contribution in [1.82, 2.24) is 10.6 Å². The van der Waals surface area contributed by atoms with Crippen LogP contribution < -0.4 is 15.5 Å². The quantitative estimate of drug-likeness (QED) is 0.815. The Hall–Kier alpha value is -3.35. The lowest BCUT2D eigenvalue weighted by atomic mass is 9.95. The molecule has 2 N–H and O–H groups in total. The maximum Gasteiger partial charge on any atom is 0.407 e. The lowest BCUT2D eigenvalue weighted by Crippen LogP contribution is -2.45. The molecule has 0 radical (unpaired) electrons. The molecule has 0 spiro atoms. The molecule has 0 saturated heterocycles. The van der Waals surface area contributed by atoms with E-state index in [1.54, 1.807) is 11.9 Å². The largest absolute Gasteiger partial charge is 0.436 e. The second-order valence-electron chi connectivity index (χ2n) is 6.92. The number of carbonyl (C=O) groups is 3. The van der Waals surface area contributed by atoms with Gasteiger partial charge >= 0.3 is 6.09 Å². The summed E-state index contributed by atoms with van der Waals surface area (Å²) >= 11 is 0. The molecule has 7 nitrogen and oxygen atoms in total. The number of nitrogens with zero attached hydrogens (tertiary/aromatic N) is 1. The van der Waals surface area contributed by atoms with Gasteiger partial charge in [-0.1, -0.05) is 49.4 Å². The van der Waals surface area contributed by atoms with Crippen LogP contribution >= 0.6 is 0 Å². The summed E-state index contributed by atoms with van der Waals surface area (Å²) in [6.45, 7) is 3.86. The van der Waals surface area contributed by atoms with Crippen LogP contribution in [0.3, 0.4) is 0 Å². The van der Waals surface area contributed by atoms with Crippen molar-refractivity contribution in [1.29, 1.82) is 0 Å². The molecular formula is C22H25N3O4. The molecule has 0 aromatic heterocycles. The van der Waals surface area contributed by atoms with Crippen LogP contribution in [0.15, 0.2) is 48.5 Å². The van der Waals surface area contributed by atoms with Crippen molar-refractivity contribution in [2.75, 3.05) is 18.5 Å². The third kappa shape index (κ3) is 4.23. The summed E-state index contributed by atoms with van der Waals surface area (Å²) in [6.07, 6.45) is -0.940. The fourth-order valence-electron chi connectivity index (χ4n) is 3.32. The Morgan fingerprint density at radius 3 is 2.48 bits per heavy atom. The highest BCUT2D eigenvalue weighted by molar-refractivity contribution is 6.06. The Morgan fingerprint density at radius 2 is 1.76 bits per heavy atom. The SMILES string of the molecule is CCCNC(=O)O[C@H](C)C(=O)N[C@@H]1C(=O)N(C)c2ccccc2-c2ccccc21. The van der Waals surface area contributed by atoms with Crippen molar-refractivity contribution in [2.24, 2.45) is 0 Å². The summed E-state index contributed by atoms with van der Waals surface area (Å²) in [5.74, 6) is -0.803. The van der Waals surface area contributed by atoms with Gasteiger partial charge in [0.05, 0.1) is 5.69 Å². The Balaban J connectivity index is 1.87. The molecule has 152 valence electrons. The molecule has 2 aromatic carbocycles. The zero-order valence-corrected chi connectivity index (χ0v) is 16.8. The van der Waals surface area contributed by atoms with E-state index in [4.69, 9.17) is 4.74 Å². The van der Waals surface area contributed by atoms with Gasteiger partial charge in [-0.3, -0.25) is 9.59 Å². The molecule has 3 rings (SSSR count). The zero-order valence-electron chi connectivity index (χ0n) is 16.8. The molecule has 0 unspecified atom stereocenters. The number of amides is 3. The van der Waals surface area contributed by atoms with Gasteiger partial charge < -0.3 is 20.3 Å². The van der Waals surface area contributed by atoms with Crippen LogP contribution in [-0.4, -0.2) is 37.6 Å². The van der Waals surface area contributed by atoms with Gasteiger partial charge in [0, 0.05) is 19.2 Å². The summed E-state index contributed by atoms with van der Waals surface area (Å²) in [6, 6.07) is 14.2. The second-order valence-corrected chi connectivity index (χ2v) is 6.92. The number of para-hydroxylation sites is 1. The minimum Gasteiger partial charge on any atom is -0.436 e. The summed E-state index contributed by atoms with van der Waals surface area (Å²) < 4.78 is 5.11. The number of hydrogen-bond acceptors (Lipinski definition) is 4. The maximum atomic E-state index is 13.2. The number of nitrogens with one attached hydrogen (secondary N) is 2. The van der Waals surface area contributed by atoms with E-state index in [9.17, 15) is 14.4 Å². The fourth-order valence-corrected chi connectivity index (χ4v) is 3.32. The molecule has 0 aliphatic carbocycles. The van der Waals surface area contributed by atoms with E-state index in [0.29, 0.717) is 12.1 Å². The van der Waals surface area contributed by atoms with Crippen molar-refractivity contribution in [3.05, 3.63) is 54.1 Å². The minimum atomic E-state index is -1.04. The molecule has 1 aliphatic heterocycles. The summed E-state index contributed by atoms with van der Waals surface area (Å²) in [4.78, 5) is 39.1. The number of rotatable bonds is 5. The first kappa shape index (κ1) is 20.4. The third-order valence-electron chi connectivity index (χ3n) is 4.86. The van der Waals surface area contributed by atoms with E-state index in [-0.39, 0.29) is 5.91 Å². The van der Waals surface area contributed by atoms with E-state index in [1.807, 2.05) is 55.5 Å². The normalized spacial score (nSPS) is 16.2. The molecule has 3 amide bonds. The first-order valence-corrected chi connectivity index (χ1v) is 9.64. The average molecular weight is 395 g/mol. The Labute approximate surface area is 170 Å². The van der Waals surface area contributed by atoms with E-state index < -0.39 is 24.1 Å². The van der Waals surface area contributed by atoms with Gasteiger partial charge in [0.15, 0.2) is 6.10 Å². The standard InChI is InChI=1S/C22H25N3O4/c1-4-13-23-22(28)29-14(2)20(26)24-19-17-11-6-5-9-15(17)16-10-7-8-12-18(16)25(3)21(19)27/h5-12,14,19H,4,13H2,1-3H3,(H,23,28)(H,24,26)/t14-,19+/m1/s1. The molecule has 0 fully saturated rings. The van der Waals surface area contributed by atoms with Crippen LogP contribution in [0.5, 0.6) is 0 Å². The molecule has 29 heavy (non-hydrogen) atoms. The Morgan fingerprint density at radius 1 is 1.10 bits per heavy atom. The van der Waals surface area contributed by atoms with Crippen molar-refractivity contribution < 1.29 is 19.1 Å². The third-order valence-corrected chi connectivity index (χ3v) is 4.86. The van der Waals surface area contributed by atoms with Crippen molar-refractivity contribution in [3.8, 4) is 11.1 Å². The van der Waals surface area contributed by atoms with Gasteiger partial charge in [-0.05, 0) is 30.5 Å². The molecule has 2 atom stereocenters. The highest BCUT2D eigenvalue weighted by atomic mass is 16.6. The van der Waals surface area contributed by atoms with E-state index in [2.05, 4.69) is 10.6 Å². The summed E-state index contributed by atoms with van der Waals surface area (Å²) in [5.41, 5.74) is 3.26. The predicted octanol–water partition coefficient (Wildman–Crippen LogP) is 3.01. The first-order chi connectivity index (χ1) is 13.9. The van der Waals surface area contributed by atoms with E-state index in [1.165, 1.54) is 6.92 Å². The van der Waals surface area contributed by atoms with Crippen LogP contribution in [-0.2, 0) is 14.3 Å². The molecule has 7 heteroatoms. The fraction of sp³-hybridized carbons (Fsp3) is 0.318. The average Bonchev–Trinajstić information content (AvgIpc) is 2.82. The molecule has 0 bridgehead atoms. The number of fused-ring (bicyclic) bond motifs is 3. The van der Waals surface area contributed by atoms with Crippen molar-refractivity contribution >= 4 is 23.6 Å². The number of benzene rings is 2. The van der Waals surface area contributed by atoms with Gasteiger partial charge in [0.1, 0.15) is 6.04 Å². The van der Waals surface area contributed by atoms with E-state index >= 15 is 0 Å². The number of carbonyl (C=O) groups excluding carboxylic acids is 3. The summed E-state index contributed by atoms with van der Waals surface area (Å²) in [7, 11) is 1.68. The van der Waals surface area contributed by atoms with Gasteiger partial charge in [-0.15, -0.1) is 0 Å². The Kier molecular flexibility index (Phi) is 6.16. The van der Waals surface area contributed by atoms with Gasteiger partial charge in [-0.25, -0.2) is 4.79 Å². The van der Waals surface area contributed by atoms with Crippen LogP contribution in [0.2, 0.25) is 0 Å². The van der Waals surface area contributed by atoms with Crippen LogP contribution in [0.25, 0.3) is 11.1 Å². The highest BCUT2D eigenvalue weighted by Crippen LogP contribution is 2.39. The summed E-state index contributed by atoms with van der Waals surface area (Å²) in [5, 5.41) is 5.31. The van der Waals surface area contributed by atoms with Crippen LogP contribution in [0.1, 0.15) is 31.9 Å². The lowest BCUT2D eigenvalue weighted by molar-refractivity contribution is -0.132. The monoisotopic (exact) mass is 395 g/mol. The van der Waals surface area contributed by atoms with Crippen molar-refractivity contribution in [2.45, 2.75) is 32.4 Å². The molecule has 1 heterocycles.